The Morgan fingerprint density at radius 3 is 1.55 bits per heavy atom. The van der Waals surface area contributed by atoms with Crippen LogP contribution in [0.2, 0.25) is 0 Å². The number of unbranched alkanes of at least 4 members (excludes halogenated alkanes) is 15. The lowest BCUT2D eigenvalue weighted by Gasteiger charge is -2.13. The van der Waals surface area contributed by atoms with E-state index in [9.17, 15) is 0 Å². The van der Waals surface area contributed by atoms with Gasteiger partial charge in [-0.15, -0.1) is 0 Å². The van der Waals surface area contributed by atoms with Crippen molar-refractivity contribution in [2.45, 2.75) is 135 Å². The topological polar surface area (TPSA) is 12.0 Å². The van der Waals surface area contributed by atoms with Gasteiger partial charge in [-0.3, -0.25) is 0 Å². The van der Waals surface area contributed by atoms with Crippen molar-refractivity contribution >= 4 is 0 Å². The molecule has 29 heavy (non-hydrogen) atoms. The first-order chi connectivity index (χ1) is 14.3. The highest BCUT2D eigenvalue weighted by molar-refractivity contribution is 5.14. The second kappa shape index (κ2) is 20.5. The van der Waals surface area contributed by atoms with Crippen molar-refractivity contribution in [2.24, 2.45) is 0 Å². The molecule has 0 amide bonds. The first-order valence-electron chi connectivity index (χ1n) is 13.1. The number of hydrogen-bond acceptors (Lipinski definition) is 1. The van der Waals surface area contributed by atoms with Gasteiger partial charge in [0.1, 0.15) is 0 Å². The third-order valence-corrected chi connectivity index (χ3v) is 6.23. The van der Waals surface area contributed by atoms with E-state index < -0.39 is 0 Å². The molecule has 1 unspecified atom stereocenters. The van der Waals surface area contributed by atoms with Gasteiger partial charge >= 0.3 is 0 Å². The first-order valence-corrected chi connectivity index (χ1v) is 13.1. The molecule has 1 aromatic rings. The quantitative estimate of drug-likeness (QED) is 0.203. The van der Waals surface area contributed by atoms with Gasteiger partial charge in [0.25, 0.3) is 0 Å². The highest BCUT2D eigenvalue weighted by atomic mass is 14.9. The van der Waals surface area contributed by atoms with Crippen LogP contribution in [-0.2, 0) is 6.42 Å². The minimum absolute atomic E-state index is 0.631. The number of aryl methyl sites for hydroxylation is 1. The van der Waals surface area contributed by atoms with Gasteiger partial charge in [-0.25, -0.2) is 0 Å². The van der Waals surface area contributed by atoms with Gasteiger partial charge in [-0.2, -0.15) is 0 Å². The highest BCUT2D eigenvalue weighted by Crippen LogP contribution is 2.13. The summed E-state index contributed by atoms with van der Waals surface area (Å²) in [5.74, 6) is 0. The molecule has 168 valence electrons. The van der Waals surface area contributed by atoms with Crippen molar-refractivity contribution < 1.29 is 0 Å². The lowest BCUT2D eigenvalue weighted by molar-refractivity contribution is 0.487. The maximum atomic E-state index is 3.70. The Kier molecular flexibility index (Phi) is 18.5. The van der Waals surface area contributed by atoms with E-state index in [2.05, 4.69) is 49.5 Å². The molecule has 0 saturated heterocycles. The average Bonchev–Trinajstić information content (AvgIpc) is 2.75. The van der Waals surface area contributed by atoms with E-state index >= 15 is 0 Å². The van der Waals surface area contributed by atoms with Crippen molar-refractivity contribution in [2.75, 3.05) is 6.54 Å². The number of hydrogen-bond donors (Lipinski definition) is 1. The molecule has 0 aromatic heterocycles. The zero-order valence-electron chi connectivity index (χ0n) is 19.9. The predicted octanol–water partition coefficient (Wildman–Crippen LogP) is 8.86. The van der Waals surface area contributed by atoms with Crippen molar-refractivity contribution in [3.63, 3.8) is 0 Å². The van der Waals surface area contributed by atoms with Crippen molar-refractivity contribution in [3.05, 3.63) is 35.9 Å². The summed E-state index contributed by atoms with van der Waals surface area (Å²) in [5.41, 5.74) is 1.46. The molecule has 0 bridgehead atoms. The van der Waals surface area contributed by atoms with Gasteiger partial charge in [-0.05, 0) is 38.3 Å². The Balaban J connectivity index is 1.73. The van der Waals surface area contributed by atoms with Gasteiger partial charge in [0, 0.05) is 6.04 Å². The van der Waals surface area contributed by atoms with Gasteiger partial charge in [0.2, 0.25) is 0 Å². The molecule has 1 atom stereocenters. The van der Waals surface area contributed by atoms with Crippen molar-refractivity contribution in [1.82, 2.24) is 5.32 Å². The van der Waals surface area contributed by atoms with Crippen LogP contribution in [0.1, 0.15) is 129 Å². The summed E-state index contributed by atoms with van der Waals surface area (Å²) in [7, 11) is 0. The molecule has 0 aliphatic rings. The zero-order valence-corrected chi connectivity index (χ0v) is 19.9. The predicted molar refractivity (Wildman–Crippen MR) is 132 cm³/mol. The molecular formula is C28H51N. The third kappa shape index (κ3) is 17.7. The van der Waals surface area contributed by atoms with Crippen LogP contribution in [0.15, 0.2) is 30.3 Å². The lowest BCUT2D eigenvalue weighted by atomic mass is 10.0. The highest BCUT2D eigenvalue weighted by Gasteiger charge is 2.01. The van der Waals surface area contributed by atoms with E-state index in [0.29, 0.717) is 6.04 Å². The van der Waals surface area contributed by atoms with Crippen LogP contribution < -0.4 is 5.32 Å². The summed E-state index contributed by atoms with van der Waals surface area (Å²) in [6, 6.07) is 11.5. The molecule has 0 saturated carbocycles. The van der Waals surface area contributed by atoms with Crippen LogP contribution in [0, 0.1) is 0 Å². The molecular weight excluding hydrogens is 350 g/mol. The molecule has 0 fully saturated rings. The summed E-state index contributed by atoms with van der Waals surface area (Å²) in [5, 5.41) is 3.70. The van der Waals surface area contributed by atoms with E-state index in [1.807, 2.05) is 0 Å². The van der Waals surface area contributed by atoms with E-state index in [0.717, 1.165) is 0 Å². The maximum absolute atomic E-state index is 3.70. The van der Waals surface area contributed by atoms with Gasteiger partial charge in [0.05, 0.1) is 0 Å². The maximum Gasteiger partial charge on any atom is 0.00418 e. The summed E-state index contributed by atoms with van der Waals surface area (Å²) < 4.78 is 0. The Bertz CT molecular complexity index is 427. The summed E-state index contributed by atoms with van der Waals surface area (Å²) in [6.45, 7) is 5.82. The molecule has 0 aliphatic heterocycles. The smallest absolute Gasteiger partial charge is 0.00418 e. The van der Waals surface area contributed by atoms with Crippen LogP contribution in [0.4, 0.5) is 0 Å². The molecule has 1 aromatic carbocycles. The molecule has 1 heteroatoms. The lowest BCUT2D eigenvalue weighted by Crippen LogP contribution is -2.27. The number of benzene rings is 1. The molecule has 1 N–H and O–H groups in total. The normalized spacial score (nSPS) is 12.3. The first kappa shape index (κ1) is 26.2. The second-order valence-electron chi connectivity index (χ2n) is 9.18. The molecule has 0 heterocycles. The molecule has 1 nitrogen and oxygen atoms in total. The molecule has 0 aliphatic carbocycles. The SMILES string of the molecule is CCCCCCCCCCCCCCCCCCNC(C)CCc1ccccc1. The van der Waals surface area contributed by atoms with Gasteiger partial charge < -0.3 is 5.32 Å². The summed E-state index contributed by atoms with van der Waals surface area (Å²) >= 11 is 0. The molecule has 0 radical (unpaired) electrons. The van der Waals surface area contributed by atoms with E-state index in [1.54, 1.807) is 0 Å². The van der Waals surface area contributed by atoms with Crippen LogP contribution in [0.3, 0.4) is 0 Å². The van der Waals surface area contributed by atoms with Crippen LogP contribution in [0.25, 0.3) is 0 Å². The summed E-state index contributed by atoms with van der Waals surface area (Å²) in [6.07, 6.45) is 25.5. The van der Waals surface area contributed by atoms with E-state index in [-0.39, 0.29) is 0 Å². The fourth-order valence-corrected chi connectivity index (χ4v) is 4.15. The second-order valence-corrected chi connectivity index (χ2v) is 9.18. The van der Waals surface area contributed by atoms with Crippen LogP contribution in [0.5, 0.6) is 0 Å². The summed E-state index contributed by atoms with van der Waals surface area (Å²) in [4.78, 5) is 0. The van der Waals surface area contributed by atoms with Gasteiger partial charge in [0.15, 0.2) is 0 Å². The molecule has 0 spiro atoms. The Hall–Kier alpha value is -0.820. The Morgan fingerprint density at radius 2 is 1.07 bits per heavy atom. The van der Waals surface area contributed by atoms with Gasteiger partial charge in [-0.1, -0.05) is 134 Å². The van der Waals surface area contributed by atoms with E-state index in [1.165, 1.54) is 128 Å². The fraction of sp³-hybridized carbons (Fsp3) is 0.786. The fourth-order valence-electron chi connectivity index (χ4n) is 4.15. The third-order valence-electron chi connectivity index (χ3n) is 6.23. The van der Waals surface area contributed by atoms with Crippen LogP contribution in [-0.4, -0.2) is 12.6 Å². The van der Waals surface area contributed by atoms with Crippen molar-refractivity contribution in [3.8, 4) is 0 Å². The standard InChI is InChI=1S/C28H51N/c1-3-4-5-6-7-8-9-10-11-12-13-14-15-16-17-21-26-29-27(2)24-25-28-22-19-18-20-23-28/h18-20,22-23,27,29H,3-17,21,24-26H2,1-2H3. The number of rotatable bonds is 21. The van der Waals surface area contributed by atoms with Crippen LogP contribution >= 0.6 is 0 Å². The minimum Gasteiger partial charge on any atom is -0.314 e. The van der Waals surface area contributed by atoms with Crippen molar-refractivity contribution in [1.29, 1.82) is 0 Å². The van der Waals surface area contributed by atoms with E-state index in [4.69, 9.17) is 0 Å². The largest absolute Gasteiger partial charge is 0.314 e. The minimum atomic E-state index is 0.631. The Labute approximate surface area is 183 Å². The average molecular weight is 402 g/mol. The Morgan fingerprint density at radius 1 is 0.621 bits per heavy atom. The monoisotopic (exact) mass is 401 g/mol. The number of nitrogens with one attached hydrogen (secondary N) is 1. The molecule has 1 rings (SSSR count). The zero-order chi connectivity index (χ0) is 20.8.